The smallest absolute Gasteiger partial charge is 0.136 e. The maximum Gasteiger partial charge on any atom is 0.136 e. The highest BCUT2D eigenvalue weighted by molar-refractivity contribution is 5.41. The highest BCUT2D eigenvalue weighted by atomic mass is 16.2. The van der Waals surface area contributed by atoms with Gasteiger partial charge in [-0.15, -0.1) is 0 Å². The second-order valence-electron chi connectivity index (χ2n) is 3.53. The van der Waals surface area contributed by atoms with Gasteiger partial charge in [-0.25, -0.2) is 4.98 Å². The molecular formula is C11H14N2O. The average molecular weight is 190 g/mol. The first-order valence-electron chi connectivity index (χ1n) is 4.85. The van der Waals surface area contributed by atoms with Gasteiger partial charge in [0.05, 0.1) is 5.69 Å². The maximum atomic E-state index is 8.71. The van der Waals surface area contributed by atoms with E-state index in [2.05, 4.69) is 24.2 Å². The largest absolute Gasteiger partial charge is 0.396 e. The first-order chi connectivity index (χ1) is 6.79. The third kappa shape index (κ3) is 1.77. The summed E-state index contributed by atoms with van der Waals surface area (Å²) in [6.07, 6.45) is 5.71. The molecule has 0 radical (unpaired) electrons. The highest BCUT2D eigenvalue weighted by Gasteiger charge is 2.00. The van der Waals surface area contributed by atoms with Gasteiger partial charge in [-0.1, -0.05) is 6.07 Å². The number of aliphatic hydroxyl groups is 1. The molecule has 14 heavy (non-hydrogen) atoms. The fourth-order valence-electron chi connectivity index (χ4n) is 1.54. The molecule has 0 saturated heterocycles. The van der Waals surface area contributed by atoms with Gasteiger partial charge >= 0.3 is 0 Å². The van der Waals surface area contributed by atoms with E-state index in [1.54, 1.807) is 0 Å². The van der Waals surface area contributed by atoms with Gasteiger partial charge in [0.25, 0.3) is 0 Å². The summed E-state index contributed by atoms with van der Waals surface area (Å²) in [4.78, 5) is 4.44. The van der Waals surface area contributed by atoms with Crippen LogP contribution in [0.3, 0.4) is 0 Å². The van der Waals surface area contributed by atoms with Crippen molar-refractivity contribution in [1.29, 1.82) is 0 Å². The number of fused-ring (bicyclic) bond motifs is 1. The molecule has 2 heterocycles. The molecule has 2 aromatic rings. The van der Waals surface area contributed by atoms with E-state index in [4.69, 9.17) is 5.11 Å². The molecular weight excluding hydrogens is 176 g/mol. The van der Waals surface area contributed by atoms with Crippen LogP contribution < -0.4 is 0 Å². The van der Waals surface area contributed by atoms with Crippen LogP contribution in [0.1, 0.15) is 17.7 Å². The van der Waals surface area contributed by atoms with Crippen LogP contribution in [0.25, 0.3) is 5.65 Å². The Hall–Kier alpha value is -1.35. The summed E-state index contributed by atoms with van der Waals surface area (Å²) in [7, 11) is 0. The monoisotopic (exact) mass is 190 g/mol. The lowest BCUT2D eigenvalue weighted by molar-refractivity contribution is 0.288. The number of rotatable bonds is 3. The van der Waals surface area contributed by atoms with E-state index in [0.29, 0.717) is 0 Å². The number of pyridine rings is 1. The van der Waals surface area contributed by atoms with Crippen molar-refractivity contribution in [2.24, 2.45) is 0 Å². The normalized spacial score (nSPS) is 11.0. The zero-order chi connectivity index (χ0) is 9.97. The van der Waals surface area contributed by atoms with Crippen molar-refractivity contribution in [2.75, 3.05) is 6.61 Å². The fourth-order valence-corrected chi connectivity index (χ4v) is 1.54. The molecule has 74 valence electrons. The Morgan fingerprint density at radius 2 is 2.21 bits per heavy atom. The second-order valence-corrected chi connectivity index (χ2v) is 3.53. The van der Waals surface area contributed by atoms with E-state index in [1.807, 2.05) is 16.7 Å². The van der Waals surface area contributed by atoms with E-state index in [1.165, 1.54) is 5.56 Å². The van der Waals surface area contributed by atoms with Gasteiger partial charge in [-0.3, -0.25) is 0 Å². The van der Waals surface area contributed by atoms with Crippen LogP contribution in [0, 0.1) is 6.92 Å². The first kappa shape index (κ1) is 9.21. The highest BCUT2D eigenvalue weighted by Crippen LogP contribution is 2.08. The molecule has 0 amide bonds. The third-order valence-corrected chi connectivity index (χ3v) is 2.24. The Morgan fingerprint density at radius 3 is 3.00 bits per heavy atom. The summed E-state index contributed by atoms with van der Waals surface area (Å²) < 4.78 is 2.03. The Kier molecular flexibility index (Phi) is 2.50. The van der Waals surface area contributed by atoms with Crippen LogP contribution in [0.2, 0.25) is 0 Å². The van der Waals surface area contributed by atoms with Gasteiger partial charge in [0.1, 0.15) is 5.65 Å². The van der Waals surface area contributed by atoms with Crippen molar-refractivity contribution < 1.29 is 5.11 Å². The standard InChI is InChI=1S/C11H14N2O/c1-9-4-5-11-12-10(3-2-6-14)8-13(11)7-9/h4-5,7-8,14H,2-3,6H2,1H3. The summed E-state index contributed by atoms with van der Waals surface area (Å²) in [5, 5.41) is 8.71. The minimum absolute atomic E-state index is 0.229. The quantitative estimate of drug-likeness (QED) is 0.797. The lowest BCUT2D eigenvalue weighted by Gasteiger charge is -1.93. The molecule has 3 nitrogen and oxygen atoms in total. The lowest BCUT2D eigenvalue weighted by atomic mass is 10.3. The molecule has 0 atom stereocenters. The molecule has 0 aromatic carbocycles. The Balaban J connectivity index is 2.32. The molecule has 0 aliphatic heterocycles. The Labute approximate surface area is 83.0 Å². The number of hydrogen-bond donors (Lipinski definition) is 1. The van der Waals surface area contributed by atoms with Crippen molar-refractivity contribution >= 4 is 5.65 Å². The Bertz CT molecular complexity index is 434. The number of nitrogens with zero attached hydrogens (tertiary/aromatic N) is 2. The predicted octanol–water partition coefficient (Wildman–Crippen LogP) is 1.57. The van der Waals surface area contributed by atoms with E-state index in [0.717, 1.165) is 24.2 Å². The molecule has 0 aliphatic rings. The van der Waals surface area contributed by atoms with Crippen LogP contribution in [0.5, 0.6) is 0 Å². The molecule has 2 rings (SSSR count). The van der Waals surface area contributed by atoms with E-state index in [-0.39, 0.29) is 6.61 Å². The molecule has 0 spiro atoms. The van der Waals surface area contributed by atoms with Gasteiger partial charge in [-0.05, 0) is 31.4 Å². The molecule has 0 saturated carbocycles. The molecule has 0 aliphatic carbocycles. The summed E-state index contributed by atoms with van der Waals surface area (Å²) in [5.74, 6) is 0. The van der Waals surface area contributed by atoms with Gasteiger partial charge < -0.3 is 9.51 Å². The number of imidazole rings is 1. The number of hydrogen-bond acceptors (Lipinski definition) is 2. The topological polar surface area (TPSA) is 37.5 Å². The lowest BCUT2D eigenvalue weighted by Crippen LogP contribution is -1.88. The summed E-state index contributed by atoms with van der Waals surface area (Å²) in [6.45, 7) is 2.29. The zero-order valence-corrected chi connectivity index (χ0v) is 8.27. The van der Waals surface area contributed by atoms with Gasteiger partial charge in [0.2, 0.25) is 0 Å². The minimum atomic E-state index is 0.229. The minimum Gasteiger partial charge on any atom is -0.396 e. The van der Waals surface area contributed by atoms with Gasteiger partial charge in [-0.2, -0.15) is 0 Å². The van der Waals surface area contributed by atoms with Crippen LogP contribution >= 0.6 is 0 Å². The number of aliphatic hydroxyl groups excluding tert-OH is 1. The molecule has 0 unspecified atom stereocenters. The molecule has 3 heteroatoms. The predicted molar refractivity (Wildman–Crippen MR) is 55.3 cm³/mol. The summed E-state index contributed by atoms with van der Waals surface area (Å²) in [5.41, 5.74) is 3.25. The van der Waals surface area contributed by atoms with Crippen molar-refractivity contribution in [3.63, 3.8) is 0 Å². The van der Waals surface area contributed by atoms with Crippen molar-refractivity contribution in [3.8, 4) is 0 Å². The van der Waals surface area contributed by atoms with Crippen LogP contribution in [-0.4, -0.2) is 21.1 Å². The van der Waals surface area contributed by atoms with Crippen LogP contribution in [0.15, 0.2) is 24.5 Å². The van der Waals surface area contributed by atoms with Crippen molar-refractivity contribution in [3.05, 3.63) is 35.8 Å². The SMILES string of the molecule is Cc1ccc2nc(CCCO)cn2c1. The van der Waals surface area contributed by atoms with Crippen molar-refractivity contribution in [2.45, 2.75) is 19.8 Å². The third-order valence-electron chi connectivity index (χ3n) is 2.24. The van der Waals surface area contributed by atoms with E-state index < -0.39 is 0 Å². The molecule has 0 bridgehead atoms. The summed E-state index contributed by atoms with van der Waals surface area (Å²) >= 11 is 0. The second kappa shape index (κ2) is 3.80. The number of aromatic nitrogens is 2. The molecule has 0 fully saturated rings. The average Bonchev–Trinajstić information content (AvgIpc) is 2.56. The number of aryl methyl sites for hydroxylation is 2. The van der Waals surface area contributed by atoms with Crippen molar-refractivity contribution in [1.82, 2.24) is 9.38 Å². The van der Waals surface area contributed by atoms with E-state index in [9.17, 15) is 0 Å². The van der Waals surface area contributed by atoms with E-state index >= 15 is 0 Å². The van der Waals surface area contributed by atoms with Crippen LogP contribution in [0.4, 0.5) is 0 Å². The first-order valence-corrected chi connectivity index (χ1v) is 4.85. The van der Waals surface area contributed by atoms with Crippen LogP contribution in [-0.2, 0) is 6.42 Å². The van der Waals surface area contributed by atoms with Gasteiger partial charge in [0.15, 0.2) is 0 Å². The van der Waals surface area contributed by atoms with Gasteiger partial charge in [0, 0.05) is 19.0 Å². The Morgan fingerprint density at radius 1 is 1.36 bits per heavy atom. The summed E-state index contributed by atoms with van der Waals surface area (Å²) in [6, 6.07) is 4.07. The molecule has 1 N–H and O–H groups in total. The fraction of sp³-hybridized carbons (Fsp3) is 0.364. The maximum absolute atomic E-state index is 8.71. The molecule has 2 aromatic heterocycles. The zero-order valence-electron chi connectivity index (χ0n) is 8.27.